The van der Waals surface area contributed by atoms with Crippen molar-refractivity contribution in [3.8, 4) is 5.75 Å². The summed E-state index contributed by atoms with van der Waals surface area (Å²) >= 11 is 0. The standard InChI is InChI=1S/C24H30N2O2/c27-14-15-28-21-8-6-18(7-9-21)16-26-17-22(19-4-2-1-3-5-19)24-23(26)20-10-12-25(24)13-11-20/h1-9,20,22-24,27H,10-17H2/t22-,23-,24-/m1/s1. The predicted molar refractivity (Wildman–Crippen MR) is 110 cm³/mol. The van der Waals surface area contributed by atoms with Crippen LogP contribution in [0.4, 0.5) is 0 Å². The van der Waals surface area contributed by atoms with E-state index in [0.717, 1.165) is 24.8 Å². The molecule has 4 aliphatic heterocycles. The second kappa shape index (κ2) is 7.86. The molecule has 0 amide bonds. The summed E-state index contributed by atoms with van der Waals surface area (Å²) < 4.78 is 5.51. The van der Waals surface area contributed by atoms with Gasteiger partial charge in [-0.15, -0.1) is 0 Å². The van der Waals surface area contributed by atoms with Crippen LogP contribution in [0.25, 0.3) is 0 Å². The van der Waals surface area contributed by atoms with Crippen LogP contribution in [0, 0.1) is 5.92 Å². The molecule has 0 unspecified atom stereocenters. The Balaban J connectivity index is 1.37. The highest BCUT2D eigenvalue weighted by Gasteiger charge is 2.52. The van der Waals surface area contributed by atoms with E-state index in [9.17, 15) is 0 Å². The molecule has 0 aliphatic carbocycles. The number of hydrogen-bond donors (Lipinski definition) is 1. The van der Waals surface area contributed by atoms with Crippen LogP contribution in [-0.4, -0.2) is 59.8 Å². The maximum Gasteiger partial charge on any atom is 0.119 e. The van der Waals surface area contributed by atoms with Gasteiger partial charge >= 0.3 is 0 Å². The molecule has 2 bridgehead atoms. The van der Waals surface area contributed by atoms with E-state index in [-0.39, 0.29) is 6.61 Å². The second-order valence-electron chi connectivity index (χ2n) is 8.52. The summed E-state index contributed by atoms with van der Waals surface area (Å²) in [7, 11) is 0. The fraction of sp³-hybridized carbons (Fsp3) is 0.500. The first-order valence-corrected chi connectivity index (χ1v) is 10.7. The molecule has 148 valence electrons. The van der Waals surface area contributed by atoms with Crippen LogP contribution in [0.1, 0.15) is 29.9 Å². The SMILES string of the molecule is OCCOc1ccc(CN2C[C@H](c3ccccc3)[C@@H]3[C@H]2C2CCN3CC2)cc1. The Morgan fingerprint density at radius 3 is 2.39 bits per heavy atom. The highest BCUT2D eigenvalue weighted by atomic mass is 16.5. The summed E-state index contributed by atoms with van der Waals surface area (Å²) in [5.41, 5.74) is 2.85. The summed E-state index contributed by atoms with van der Waals surface area (Å²) in [5, 5.41) is 8.92. The lowest BCUT2D eigenvalue weighted by molar-refractivity contribution is -0.00869. The van der Waals surface area contributed by atoms with E-state index in [1.807, 2.05) is 12.1 Å². The van der Waals surface area contributed by atoms with Crippen LogP contribution in [0.15, 0.2) is 54.6 Å². The molecule has 2 aromatic rings. The topological polar surface area (TPSA) is 35.9 Å². The Hall–Kier alpha value is -1.88. The van der Waals surface area contributed by atoms with Gasteiger partial charge in [0.25, 0.3) is 0 Å². The van der Waals surface area contributed by atoms with Crippen molar-refractivity contribution in [1.82, 2.24) is 9.80 Å². The number of fused-ring (bicyclic) bond motifs is 2. The van der Waals surface area contributed by atoms with Gasteiger partial charge in [0.2, 0.25) is 0 Å². The molecule has 0 spiro atoms. The molecule has 28 heavy (non-hydrogen) atoms. The third kappa shape index (κ3) is 3.34. The van der Waals surface area contributed by atoms with Crippen LogP contribution >= 0.6 is 0 Å². The van der Waals surface area contributed by atoms with Gasteiger partial charge in [-0.25, -0.2) is 0 Å². The molecular formula is C24H30N2O2. The first-order chi connectivity index (χ1) is 13.8. The Morgan fingerprint density at radius 1 is 0.929 bits per heavy atom. The third-order valence-electron chi connectivity index (χ3n) is 6.99. The van der Waals surface area contributed by atoms with Gasteiger partial charge in [-0.2, -0.15) is 0 Å². The fourth-order valence-electron chi connectivity index (χ4n) is 5.80. The number of benzene rings is 2. The van der Waals surface area contributed by atoms with E-state index in [0.29, 0.717) is 24.6 Å². The normalized spacial score (nSPS) is 31.7. The van der Waals surface area contributed by atoms with E-state index >= 15 is 0 Å². The van der Waals surface area contributed by atoms with Crippen molar-refractivity contribution in [1.29, 1.82) is 0 Å². The van der Waals surface area contributed by atoms with Gasteiger partial charge in [0.05, 0.1) is 6.61 Å². The number of hydrogen-bond acceptors (Lipinski definition) is 4. The third-order valence-corrected chi connectivity index (χ3v) is 6.99. The molecule has 0 radical (unpaired) electrons. The highest BCUT2D eigenvalue weighted by molar-refractivity contribution is 5.30. The average Bonchev–Trinajstić information content (AvgIpc) is 3.16. The van der Waals surface area contributed by atoms with E-state index < -0.39 is 0 Å². The van der Waals surface area contributed by atoms with Gasteiger partial charge in [-0.1, -0.05) is 42.5 Å². The average molecular weight is 379 g/mol. The first kappa shape index (κ1) is 18.2. The molecule has 4 aliphatic rings. The Kier molecular flexibility index (Phi) is 5.10. The van der Waals surface area contributed by atoms with Crippen molar-refractivity contribution in [2.45, 2.75) is 37.4 Å². The lowest BCUT2D eigenvalue weighted by Crippen LogP contribution is -2.59. The maximum atomic E-state index is 8.92. The molecule has 0 saturated carbocycles. The molecule has 4 fully saturated rings. The van der Waals surface area contributed by atoms with Crippen molar-refractivity contribution < 1.29 is 9.84 Å². The predicted octanol–water partition coefficient (Wildman–Crippen LogP) is 3.12. The molecule has 1 N–H and O–H groups in total. The summed E-state index contributed by atoms with van der Waals surface area (Å²) in [5.74, 6) is 2.29. The van der Waals surface area contributed by atoms with Gasteiger partial charge in [-0.05, 0) is 55.1 Å². The van der Waals surface area contributed by atoms with Crippen molar-refractivity contribution in [3.05, 3.63) is 65.7 Å². The minimum Gasteiger partial charge on any atom is -0.491 e. The Labute approximate surface area is 167 Å². The zero-order valence-corrected chi connectivity index (χ0v) is 16.4. The van der Waals surface area contributed by atoms with Crippen molar-refractivity contribution in [3.63, 3.8) is 0 Å². The number of likely N-dealkylation sites (tertiary alicyclic amines) is 1. The van der Waals surface area contributed by atoms with Crippen LogP contribution in [0.2, 0.25) is 0 Å². The van der Waals surface area contributed by atoms with E-state index in [1.165, 1.54) is 37.1 Å². The van der Waals surface area contributed by atoms with Crippen molar-refractivity contribution in [2.24, 2.45) is 5.92 Å². The van der Waals surface area contributed by atoms with E-state index in [1.54, 1.807) is 0 Å². The Bertz CT molecular complexity index is 771. The van der Waals surface area contributed by atoms with Gasteiger partial charge in [-0.3, -0.25) is 9.80 Å². The second-order valence-corrected chi connectivity index (χ2v) is 8.52. The minimum absolute atomic E-state index is 0.0529. The van der Waals surface area contributed by atoms with Crippen LogP contribution in [0.3, 0.4) is 0 Å². The Morgan fingerprint density at radius 2 is 1.68 bits per heavy atom. The number of rotatable bonds is 6. The molecule has 4 heterocycles. The van der Waals surface area contributed by atoms with Gasteiger partial charge in [0.15, 0.2) is 0 Å². The zero-order valence-electron chi connectivity index (χ0n) is 16.4. The van der Waals surface area contributed by atoms with Crippen LogP contribution in [-0.2, 0) is 6.54 Å². The summed E-state index contributed by atoms with van der Waals surface area (Å²) in [4.78, 5) is 5.52. The molecule has 2 aromatic carbocycles. The number of piperidine rings is 3. The van der Waals surface area contributed by atoms with Crippen molar-refractivity contribution >= 4 is 0 Å². The maximum absolute atomic E-state index is 8.92. The molecule has 4 heteroatoms. The molecule has 3 atom stereocenters. The minimum atomic E-state index is 0.0529. The lowest BCUT2D eigenvalue weighted by atomic mass is 9.75. The number of aliphatic hydroxyl groups excluding tert-OH is 1. The molecule has 0 aromatic heterocycles. The lowest BCUT2D eigenvalue weighted by Gasteiger charge is -2.51. The zero-order chi connectivity index (χ0) is 18.9. The smallest absolute Gasteiger partial charge is 0.119 e. The highest BCUT2D eigenvalue weighted by Crippen LogP contribution is 2.46. The van der Waals surface area contributed by atoms with Crippen LogP contribution < -0.4 is 4.74 Å². The van der Waals surface area contributed by atoms with Crippen LogP contribution in [0.5, 0.6) is 5.75 Å². The van der Waals surface area contributed by atoms with Crippen molar-refractivity contribution in [2.75, 3.05) is 32.8 Å². The molecule has 4 saturated heterocycles. The molecular weight excluding hydrogens is 348 g/mol. The van der Waals surface area contributed by atoms with Gasteiger partial charge < -0.3 is 9.84 Å². The largest absolute Gasteiger partial charge is 0.491 e. The quantitative estimate of drug-likeness (QED) is 0.838. The molecule has 6 rings (SSSR count). The van der Waals surface area contributed by atoms with E-state index in [2.05, 4.69) is 52.3 Å². The first-order valence-electron chi connectivity index (χ1n) is 10.7. The summed E-state index contributed by atoms with van der Waals surface area (Å²) in [6, 6.07) is 20.9. The molecule has 4 nitrogen and oxygen atoms in total. The number of aliphatic hydroxyl groups is 1. The number of nitrogens with zero attached hydrogens (tertiary/aromatic N) is 2. The summed E-state index contributed by atoms with van der Waals surface area (Å²) in [6.45, 7) is 5.12. The van der Waals surface area contributed by atoms with Gasteiger partial charge in [0.1, 0.15) is 12.4 Å². The number of ether oxygens (including phenoxy) is 1. The van der Waals surface area contributed by atoms with Gasteiger partial charge in [0, 0.05) is 31.1 Å². The monoisotopic (exact) mass is 378 g/mol. The van der Waals surface area contributed by atoms with E-state index in [4.69, 9.17) is 9.84 Å². The fourth-order valence-corrected chi connectivity index (χ4v) is 5.80. The summed E-state index contributed by atoms with van der Waals surface area (Å²) in [6.07, 6.45) is 2.71.